The van der Waals surface area contributed by atoms with Gasteiger partial charge in [-0.05, 0) is 37.0 Å². The van der Waals surface area contributed by atoms with Crippen LogP contribution >= 0.6 is 0 Å². The molecule has 32 heavy (non-hydrogen) atoms. The molecule has 2 aromatic rings. The summed E-state index contributed by atoms with van der Waals surface area (Å²) in [6, 6.07) is 7.63. The number of aromatic amines is 1. The van der Waals surface area contributed by atoms with Crippen LogP contribution in [0, 0.1) is 0 Å². The zero-order valence-corrected chi connectivity index (χ0v) is 18.7. The van der Waals surface area contributed by atoms with E-state index in [2.05, 4.69) is 14.9 Å². The van der Waals surface area contributed by atoms with Gasteiger partial charge in [0.05, 0.1) is 26.8 Å². The molecule has 0 unspecified atom stereocenters. The molecule has 4 rings (SSSR count). The second-order valence-electron chi connectivity index (χ2n) is 8.33. The van der Waals surface area contributed by atoms with Crippen LogP contribution < -0.4 is 4.74 Å². The summed E-state index contributed by atoms with van der Waals surface area (Å²) < 4.78 is 10.4. The fourth-order valence-corrected chi connectivity index (χ4v) is 4.67. The second-order valence-corrected chi connectivity index (χ2v) is 8.33. The van der Waals surface area contributed by atoms with E-state index in [1.807, 2.05) is 30.5 Å². The van der Waals surface area contributed by atoms with Gasteiger partial charge in [-0.25, -0.2) is 9.78 Å². The van der Waals surface area contributed by atoms with Crippen molar-refractivity contribution in [2.75, 3.05) is 47.0 Å². The smallest absolute Gasteiger partial charge is 0.327 e. The van der Waals surface area contributed by atoms with Gasteiger partial charge in [0.1, 0.15) is 17.1 Å². The number of piperidine rings is 1. The number of H-pyrrole nitrogens is 1. The highest BCUT2D eigenvalue weighted by atomic mass is 16.5. The normalized spacial score (nSPS) is 18.7. The molecule has 1 aromatic heterocycles. The van der Waals surface area contributed by atoms with E-state index in [9.17, 15) is 9.59 Å². The third kappa shape index (κ3) is 4.35. The number of methoxy groups -OCH3 is 2. The van der Waals surface area contributed by atoms with Crippen molar-refractivity contribution in [1.82, 2.24) is 24.7 Å². The molecule has 2 fully saturated rings. The SMILES string of the molecule is COCCN1C(=O)N(CCc2ccc(OC)cc2)C2(CCN(Cc3ncc[nH]3)CC2)C1=O. The highest BCUT2D eigenvalue weighted by Gasteiger charge is 2.57. The molecule has 1 N–H and O–H groups in total. The molecule has 1 aromatic carbocycles. The van der Waals surface area contributed by atoms with Gasteiger partial charge in [-0.15, -0.1) is 0 Å². The molecular formula is C23H31N5O4. The number of nitrogens with one attached hydrogen (secondary N) is 1. The first-order valence-electron chi connectivity index (χ1n) is 11.0. The maximum Gasteiger partial charge on any atom is 0.327 e. The van der Waals surface area contributed by atoms with Gasteiger partial charge in [0.2, 0.25) is 0 Å². The molecule has 0 aliphatic carbocycles. The summed E-state index contributed by atoms with van der Waals surface area (Å²) in [6.45, 7) is 3.30. The minimum atomic E-state index is -0.781. The Labute approximate surface area is 188 Å². The van der Waals surface area contributed by atoms with Crippen LogP contribution in [0.2, 0.25) is 0 Å². The Morgan fingerprint density at radius 1 is 1.09 bits per heavy atom. The Kier molecular flexibility index (Phi) is 6.76. The molecule has 9 heteroatoms. The first-order chi connectivity index (χ1) is 15.6. The Balaban J connectivity index is 1.48. The number of carbonyl (C=O) groups excluding carboxylic acids is 2. The van der Waals surface area contributed by atoms with Crippen LogP contribution in [-0.4, -0.2) is 89.2 Å². The van der Waals surface area contributed by atoms with E-state index >= 15 is 0 Å². The summed E-state index contributed by atoms with van der Waals surface area (Å²) in [5.74, 6) is 1.62. The number of amides is 3. The number of hydrogen-bond acceptors (Lipinski definition) is 6. The Bertz CT molecular complexity index is 907. The third-order valence-corrected chi connectivity index (χ3v) is 6.54. The van der Waals surface area contributed by atoms with Crippen molar-refractivity contribution in [2.24, 2.45) is 0 Å². The first kappa shape index (κ1) is 22.3. The lowest BCUT2D eigenvalue weighted by molar-refractivity contribution is -0.136. The van der Waals surface area contributed by atoms with Crippen LogP contribution in [0.15, 0.2) is 36.7 Å². The minimum Gasteiger partial charge on any atom is -0.497 e. The van der Waals surface area contributed by atoms with Crippen molar-refractivity contribution in [3.63, 3.8) is 0 Å². The Morgan fingerprint density at radius 2 is 1.84 bits per heavy atom. The predicted octanol–water partition coefficient (Wildman–Crippen LogP) is 1.91. The molecule has 3 amide bonds. The topological polar surface area (TPSA) is 91.0 Å². The maximum atomic E-state index is 13.5. The van der Waals surface area contributed by atoms with Crippen LogP contribution in [0.3, 0.4) is 0 Å². The summed E-state index contributed by atoms with van der Waals surface area (Å²) in [4.78, 5) is 39.7. The maximum absolute atomic E-state index is 13.5. The van der Waals surface area contributed by atoms with E-state index in [0.717, 1.165) is 30.2 Å². The average molecular weight is 442 g/mol. The molecule has 3 heterocycles. The predicted molar refractivity (Wildman–Crippen MR) is 118 cm³/mol. The fourth-order valence-electron chi connectivity index (χ4n) is 4.67. The molecule has 1 spiro atoms. The van der Waals surface area contributed by atoms with E-state index in [0.29, 0.717) is 39.0 Å². The monoisotopic (exact) mass is 441 g/mol. The number of ether oxygens (including phenoxy) is 2. The van der Waals surface area contributed by atoms with Crippen molar-refractivity contribution >= 4 is 11.9 Å². The molecule has 0 bridgehead atoms. The lowest BCUT2D eigenvalue weighted by Crippen LogP contribution is -2.56. The van der Waals surface area contributed by atoms with Gasteiger partial charge in [0.15, 0.2) is 0 Å². The highest BCUT2D eigenvalue weighted by molar-refractivity contribution is 6.07. The van der Waals surface area contributed by atoms with Crippen molar-refractivity contribution in [3.05, 3.63) is 48.0 Å². The summed E-state index contributed by atoms with van der Waals surface area (Å²) in [5, 5.41) is 0. The van der Waals surface area contributed by atoms with Gasteiger partial charge in [0.25, 0.3) is 5.91 Å². The van der Waals surface area contributed by atoms with Crippen molar-refractivity contribution in [1.29, 1.82) is 0 Å². The van der Waals surface area contributed by atoms with Gasteiger partial charge in [0, 0.05) is 39.1 Å². The molecule has 172 valence electrons. The fraction of sp³-hybridized carbons (Fsp3) is 0.522. The lowest BCUT2D eigenvalue weighted by atomic mass is 9.85. The van der Waals surface area contributed by atoms with E-state index in [1.165, 1.54) is 4.90 Å². The van der Waals surface area contributed by atoms with Crippen LogP contribution in [0.4, 0.5) is 4.79 Å². The van der Waals surface area contributed by atoms with Crippen LogP contribution in [0.5, 0.6) is 5.75 Å². The minimum absolute atomic E-state index is 0.0908. The van der Waals surface area contributed by atoms with Crippen molar-refractivity contribution in [3.8, 4) is 5.75 Å². The molecule has 2 saturated heterocycles. The number of imidazole rings is 1. The van der Waals surface area contributed by atoms with Crippen molar-refractivity contribution < 1.29 is 19.1 Å². The van der Waals surface area contributed by atoms with E-state index in [4.69, 9.17) is 9.47 Å². The zero-order chi connectivity index (χ0) is 22.6. The van der Waals surface area contributed by atoms with Gasteiger partial charge < -0.3 is 19.4 Å². The Hall–Kier alpha value is -2.91. The largest absolute Gasteiger partial charge is 0.497 e. The van der Waals surface area contributed by atoms with Gasteiger partial charge >= 0.3 is 6.03 Å². The summed E-state index contributed by atoms with van der Waals surface area (Å²) >= 11 is 0. The third-order valence-electron chi connectivity index (χ3n) is 6.54. The number of rotatable bonds is 9. The highest BCUT2D eigenvalue weighted by Crippen LogP contribution is 2.37. The number of urea groups is 1. The standard InChI is InChI=1S/C23H31N5O4/c1-31-16-15-27-21(29)23(8-13-26(14-9-23)17-20-24-10-11-25-20)28(22(27)30)12-7-18-3-5-19(32-2)6-4-18/h3-6,10-11H,7-9,12-17H2,1-2H3,(H,24,25). The molecule has 9 nitrogen and oxygen atoms in total. The number of hydrogen-bond donors (Lipinski definition) is 1. The van der Waals surface area contributed by atoms with Crippen LogP contribution in [-0.2, 0) is 22.5 Å². The average Bonchev–Trinajstić information content (AvgIpc) is 3.39. The molecule has 2 aliphatic heterocycles. The van der Waals surface area contributed by atoms with Crippen LogP contribution in [0.1, 0.15) is 24.2 Å². The molecular weight excluding hydrogens is 410 g/mol. The number of aromatic nitrogens is 2. The lowest BCUT2D eigenvalue weighted by Gasteiger charge is -2.42. The summed E-state index contributed by atoms with van der Waals surface area (Å²) in [7, 11) is 3.22. The summed E-state index contributed by atoms with van der Waals surface area (Å²) in [5.41, 5.74) is 0.323. The number of imide groups is 1. The molecule has 2 aliphatic rings. The first-order valence-corrected chi connectivity index (χ1v) is 11.0. The van der Waals surface area contributed by atoms with Crippen molar-refractivity contribution in [2.45, 2.75) is 31.3 Å². The van der Waals surface area contributed by atoms with E-state index in [-0.39, 0.29) is 18.5 Å². The molecule has 0 atom stereocenters. The number of nitrogens with zero attached hydrogens (tertiary/aromatic N) is 4. The van der Waals surface area contributed by atoms with Gasteiger partial charge in [-0.3, -0.25) is 14.6 Å². The zero-order valence-electron chi connectivity index (χ0n) is 18.7. The second kappa shape index (κ2) is 9.70. The number of likely N-dealkylation sites (tertiary alicyclic amines) is 1. The number of carbonyl (C=O) groups is 2. The van der Waals surface area contributed by atoms with E-state index < -0.39 is 5.54 Å². The quantitative estimate of drug-likeness (QED) is 0.598. The van der Waals surface area contributed by atoms with Gasteiger partial charge in [-0.2, -0.15) is 0 Å². The van der Waals surface area contributed by atoms with Crippen LogP contribution in [0.25, 0.3) is 0 Å². The molecule has 0 saturated carbocycles. The number of benzene rings is 1. The van der Waals surface area contributed by atoms with Gasteiger partial charge in [-0.1, -0.05) is 12.1 Å². The Morgan fingerprint density at radius 3 is 2.47 bits per heavy atom. The van der Waals surface area contributed by atoms with E-state index in [1.54, 1.807) is 25.3 Å². The summed E-state index contributed by atoms with van der Waals surface area (Å²) in [6.07, 6.45) is 5.47. The molecule has 0 radical (unpaired) electrons.